The Hall–Kier alpha value is -0.880. The fourth-order valence-electron chi connectivity index (χ4n) is 0.636. The second kappa shape index (κ2) is 5.77. The third kappa shape index (κ3) is 5.71. The highest BCUT2D eigenvalue weighted by Gasteiger charge is 2.05. The summed E-state index contributed by atoms with van der Waals surface area (Å²) in [6.45, 7) is 7.06. The SMILES string of the molecule is C=C(C)C(=O)NCCNS(=O)(=O)CC. The first kappa shape index (κ1) is 13.1. The maximum Gasteiger partial charge on any atom is 0.246 e. The molecule has 0 aliphatic heterocycles. The van der Waals surface area contributed by atoms with Crippen LogP contribution in [0.2, 0.25) is 0 Å². The molecule has 0 saturated heterocycles. The van der Waals surface area contributed by atoms with Gasteiger partial charge in [-0.2, -0.15) is 0 Å². The first-order chi connectivity index (χ1) is 6.39. The lowest BCUT2D eigenvalue weighted by atomic mass is 10.3. The van der Waals surface area contributed by atoms with E-state index in [-0.39, 0.29) is 24.7 Å². The van der Waals surface area contributed by atoms with E-state index in [0.717, 1.165) is 0 Å². The van der Waals surface area contributed by atoms with Crippen molar-refractivity contribution in [2.24, 2.45) is 0 Å². The third-order valence-electron chi connectivity index (χ3n) is 1.50. The van der Waals surface area contributed by atoms with Gasteiger partial charge in [0.05, 0.1) is 5.75 Å². The molecule has 1 amide bonds. The Morgan fingerprint density at radius 2 is 1.93 bits per heavy atom. The van der Waals surface area contributed by atoms with Crippen molar-refractivity contribution in [2.75, 3.05) is 18.8 Å². The molecule has 0 aliphatic rings. The van der Waals surface area contributed by atoms with E-state index >= 15 is 0 Å². The summed E-state index contributed by atoms with van der Waals surface area (Å²) >= 11 is 0. The van der Waals surface area contributed by atoms with Crippen molar-refractivity contribution in [1.82, 2.24) is 10.0 Å². The van der Waals surface area contributed by atoms with Crippen molar-refractivity contribution >= 4 is 15.9 Å². The number of carbonyl (C=O) groups is 1. The molecule has 0 aromatic rings. The van der Waals surface area contributed by atoms with Gasteiger partial charge in [0.15, 0.2) is 0 Å². The lowest BCUT2D eigenvalue weighted by molar-refractivity contribution is -0.117. The number of amides is 1. The predicted octanol–water partition coefficient (Wildman–Crippen LogP) is -0.382. The summed E-state index contributed by atoms with van der Waals surface area (Å²) in [5, 5.41) is 2.51. The minimum absolute atomic E-state index is 0.0431. The van der Waals surface area contributed by atoms with Gasteiger partial charge >= 0.3 is 0 Å². The van der Waals surface area contributed by atoms with Crippen molar-refractivity contribution in [3.63, 3.8) is 0 Å². The highest BCUT2D eigenvalue weighted by Crippen LogP contribution is 1.84. The van der Waals surface area contributed by atoms with Crippen LogP contribution >= 0.6 is 0 Å². The molecule has 82 valence electrons. The van der Waals surface area contributed by atoms with Crippen LogP contribution in [0.3, 0.4) is 0 Å². The second-order valence-electron chi connectivity index (χ2n) is 2.83. The summed E-state index contributed by atoms with van der Waals surface area (Å²) in [6.07, 6.45) is 0. The van der Waals surface area contributed by atoms with Crippen LogP contribution in [0, 0.1) is 0 Å². The maximum absolute atomic E-state index is 10.9. The largest absolute Gasteiger partial charge is 0.351 e. The standard InChI is InChI=1S/C8H16N2O3S/c1-4-14(12,13)10-6-5-9-8(11)7(2)3/h10H,2,4-6H2,1,3H3,(H,9,11). The molecule has 0 radical (unpaired) electrons. The molecule has 6 heteroatoms. The number of hydrogen-bond acceptors (Lipinski definition) is 3. The highest BCUT2D eigenvalue weighted by atomic mass is 32.2. The minimum Gasteiger partial charge on any atom is -0.351 e. The highest BCUT2D eigenvalue weighted by molar-refractivity contribution is 7.89. The lowest BCUT2D eigenvalue weighted by Gasteiger charge is -2.05. The summed E-state index contributed by atoms with van der Waals surface area (Å²) < 4.78 is 24.2. The minimum atomic E-state index is -3.16. The van der Waals surface area contributed by atoms with Crippen molar-refractivity contribution in [1.29, 1.82) is 0 Å². The number of rotatable bonds is 6. The van der Waals surface area contributed by atoms with Crippen LogP contribution in [0.25, 0.3) is 0 Å². The van der Waals surface area contributed by atoms with Crippen LogP contribution in [0.5, 0.6) is 0 Å². The topological polar surface area (TPSA) is 75.3 Å². The molecule has 0 aliphatic carbocycles. The molecule has 0 fully saturated rings. The van der Waals surface area contributed by atoms with E-state index < -0.39 is 10.0 Å². The van der Waals surface area contributed by atoms with Gasteiger partial charge in [-0.1, -0.05) is 6.58 Å². The van der Waals surface area contributed by atoms with Gasteiger partial charge in [-0.25, -0.2) is 13.1 Å². The third-order valence-corrected chi connectivity index (χ3v) is 2.90. The van der Waals surface area contributed by atoms with Gasteiger partial charge in [0.25, 0.3) is 0 Å². The Labute approximate surface area is 84.6 Å². The quantitative estimate of drug-likeness (QED) is 0.473. The molecule has 2 N–H and O–H groups in total. The molecule has 0 bridgehead atoms. The number of hydrogen-bond donors (Lipinski definition) is 2. The van der Waals surface area contributed by atoms with Gasteiger partial charge in [0.2, 0.25) is 15.9 Å². The monoisotopic (exact) mass is 220 g/mol. The zero-order valence-electron chi connectivity index (χ0n) is 8.46. The van der Waals surface area contributed by atoms with Crippen LogP contribution in [0.15, 0.2) is 12.2 Å². The molecule has 0 aromatic carbocycles. The van der Waals surface area contributed by atoms with E-state index in [4.69, 9.17) is 0 Å². The summed E-state index contributed by atoms with van der Waals surface area (Å²) in [5.41, 5.74) is 0.406. The second-order valence-corrected chi connectivity index (χ2v) is 4.93. The Morgan fingerprint density at radius 3 is 2.36 bits per heavy atom. The molecule has 0 heterocycles. The van der Waals surface area contributed by atoms with Crippen LogP contribution in [-0.2, 0) is 14.8 Å². The first-order valence-electron chi connectivity index (χ1n) is 4.30. The smallest absolute Gasteiger partial charge is 0.246 e. The predicted molar refractivity (Wildman–Crippen MR) is 55.3 cm³/mol. The summed E-state index contributed by atoms with van der Waals surface area (Å²) in [7, 11) is -3.16. The van der Waals surface area contributed by atoms with E-state index in [9.17, 15) is 13.2 Å². The first-order valence-corrected chi connectivity index (χ1v) is 5.95. The molecule has 0 saturated carbocycles. The molecular formula is C8H16N2O3S. The molecule has 14 heavy (non-hydrogen) atoms. The molecule has 0 aromatic heterocycles. The van der Waals surface area contributed by atoms with Crippen LogP contribution in [0.4, 0.5) is 0 Å². The number of sulfonamides is 1. The van der Waals surface area contributed by atoms with Gasteiger partial charge in [-0.15, -0.1) is 0 Å². The van der Waals surface area contributed by atoms with Gasteiger partial charge in [-0.05, 0) is 13.8 Å². The molecular weight excluding hydrogens is 204 g/mol. The Morgan fingerprint density at radius 1 is 1.36 bits per heavy atom. The Balaban J connectivity index is 3.68. The van der Waals surface area contributed by atoms with Gasteiger partial charge in [0.1, 0.15) is 0 Å². The van der Waals surface area contributed by atoms with Crippen molar-refractivity contribution in [2.45, 2.75) is 13.8 Å². The summed E-state index contributed by atoms with van der Waals surface area (Å²) in [4.78, 5) is 10.9. The number of nitrogens with one attached hydrogen (secondary N) is 2. The van der Waals surface area contributed by atoms with Gasteiger partial charge < -0.3 is 5.32 Å². The molecule has 0 unspecified atom stereocenters. The van der Waals surface area contributed by atoms with Crippen LogP contribution in [0.1, 0.15) is 13.8 Å². The number of carbonyl (C=O) groups excluding carboxylic acids is 1. The molecule has 0 atom stereocenters. The summed E-state index contributed by atoms with van der Waals surface area (Å²) in [5.74, 6) is -0.220. The van der Waals surface area contributed by atoms with Gasteiger partial charge in [0, 0.05) is 18.7 Å². The normalized spacial score (nSPS) is 11.0. The molecule has 5 nitrogen and oxygen atoms in total. The van der Waals surface area contributed by atoms with Crippen molar-refractivity contribution in [3.05, 3.63) is 12.2 Å². The van der Waals surface area contributed by atoms with Crippen molar-refractivity contribution in [3.8, 4) is 0 Å². The van der Waals surface area contributed by atoms with E-state index in [2.05, 4.69) is 16.6 Å². The fraction of sp³-hybridized carbons (Fsp3) is 0.625. The van der Waals surface area contributed by atoms with E-state index in [1.54, 1.807) is 13.8 Å². The summed E-state index contributed by atoms with van der Waals surface area (Å²) in [6, 6.07) is 0. The molecule has 0 rings (SSSR count). The zero-order valence-corrected chi connectivity index (χ0v) is 9.28. The van der Waals surface area contributed by atoms with E-state index in [1.807, 2.05) is 0 Å². The fourth-order valence-corrected chi connectivity index (χ4v) is 1.25. The van der Waals surface area contributed by atoms with Crippen LogP contribution < -0.4 is 10.0 Å². The Bertz CT molecular complexity index is 309. The average Bonchev–Trinajstić information content (AvgIpc) is 2.12. The van der Waals surface area contributed by atoms with Crippen LogP contribution in [-0.4, -0.2) is 33.2 Å². The Kier molecular flexibility index (Phi) is 5.40. The average molecular weight is 220 g/mol. The maximum atomic E-state index is 10.9. The van der Waals surface area contributed by atoms with Crippen molar-refractivity contribution < 1.29 is 13.2 Å². The van der Waals surface area contributed by atoms with E-state index in [1.165, 1.54) is 0 Å². The zero-order chi connectivity index (χ0) is 11.2. The van der Waals surface area contributed by atoms with E-state index in [0.29, 0.717) is 5.57 Å². The van der Waals surface area contributed by atoms with Gasteiger partial charge in [-0.3, -0.25) is 4.79 Å². The molecule has 0 spiro atoms. The lowest BCUT2D eigenvalue weighted by Crippen LogP contribution is -2.35.